The fourth-order valence-corrected chi connectivity index (χ4v) is 3.20. The molecule has 0 amide bonds. The van der Waals surface area contributed by atoms with Crippen LogP contribution in [0.3, 0.4) is 0 Å². The average Bonchev–Trinajstić information content (AvgIpc) is 3.37. The number of furan rings is 1. The van der Waals surface area contributed by atoms with Crippen molar-refractivity contribution >= 4 is 5.97 Å². The Morgan fingerprint density at radius 1 is 1.29 bits per heavy atom. The highest BCUT2D eigenvalue weighted by atomic mass is 19.1. The van der Waals surface area contributed by atoms with E-state index in [0.717, 1.165) is 18.4 Å². The third-order valence-electron chi connectivity index (χ3n) is 4.64. The van der Waals surface area contributed by atoms with Crippen LogP contribution in [0.2, 0.25) is 0 Å². The fourth-order valence-electron chi connectivity index (χ4n) is 3.20. The van der Waals surface area contributed by atoms with Gasteiger partial charge >= 0.3 is 5.97 Å². The van der Waals surface area contributed by atoms with Gasteiger partial charge in [0.2, 0.25) is 0 Å². The maximum absolute atomic E-state index is 14.5. The molecule has 2 aromatic rings. The van der Waals surface area contributed by atoms with Crippen molar-refractivity contribution in [3.8, 4) is 17.1 Å². The Labute approximate surface area is 162 Å². The predicted octanol–water partition coefficient (Wildman–Crippen LogP) is 5.04. The van der Waals surface area contributed by atoms with Crippen molar-refractivity contribution in [2.75, 3.05) is 20.3 Å². The van der Waals surface area contributed by atoms with E-state index in [1.54, 1.807) is 20.1 Å². The van der Waals surface area contributed by atoms with Crippen molar-refractivity contribution in [1.82, 2.24) is 0 Å². The molecule has 1 saturated carbocycles. The first-order valence-electron chi connectivity index (χ1n) is 9.43. The van der Waals surface area contributed by atoms with E-state index in [-0.39, 0.29) is 30.7 Å². The standard InChI is InChI=1S/C21H24F2O5/c1-3-26-18(24)5-4-9-27-21-16(22)11-14(12-17(21)23)20-15(8-10-28-20)19(25-2)13-6-7-13/h8,10-13,19H,3-7,9H2,1-2H3. The van der Waals surface area contributed by atoms with Gasteiger partial charge in [0.15, 0.2) is 17.4 Å². The molecule has 0 spiro atoms. The molecule has 1 fully saturated rings. The SMILES string of the molecule is CCOC(=O)CCCOc1c(F)cc(-c2occc2C(OC)C2CC2)cc1F. The topological polar surface area (TPSA) is 57.9 Å². The van der Waals surface area contributed by atoms with Crippen LogP contribution in [0.1, 0.15) is 44.3 Å². The summed E-state index contributed by atoms with van der Waals surface area (Å²) in [4.78, 5) is 11.3. The van der Waals surface area contributed by atoms with E-state index in [0.29, 0.717) is 24.7 Å². The van der Waals surface area contributed by atoms with Gasteiger partial charge in [-0.25, -0.2) is 8.78 Å². The second-order valence-electron chi connectivity index (χ2n) is 6.72. The molecule has 28 heavy (non-hydrogen) atoms. The minimum absolute atomic E-state index is 0.00539. The highest BCUT2D eigenvalue weighted by molar-refractivity contribution is 5.69. The summed E-state index contributed by atoms with van der Waals surface area (Å²) in [6, 6.07) is 4.15. The average molecular weight is 394 g/mol. The Balaban J connectivity index is 1.71. The minimum Gasteiger partial charge on any atom is -0.488 e. The quantitative estimate of drug-likeness (QED) is 0.417. The van der Waals surface area contributed by atoms with Gasteiger partial charge in [-0.15, -0.1) is 0 Å². The second-order valence-corrected chi connectivity index (χ2v) is 6.72. The van der Waals surface area contributed by atoms with Crippen LogP contribution in [0.25, 0.3) is 11.3 Å². The molecule has 0 aliphatic heterocycles. The first kappa shape index (κ1) is 20.3. The molecule has 152 valence electrons. The largest absolute Gasteiger partial charge is 0.488 e. The maximum atomic E-state index is 14.5. The Morgan fingerprint density at radius 2 is 2.00 bits per heavy atom. The molecule has 1 atom stereocenters. The van der Waals surface area contributed by atoms with Gasteiger partial charge in [0.1, 0.15) is 5.76 Å². The number of carbonyl (C=O) groups is 1. The zero-order valence-electron chi connectivity index (χ0n) is 16.0. The van der Waals surface area contributed by atoms with Gasteiger partial charge in [-0.3, -0.25) is 4.79 Å². The Kier molecular flexibility index (Phi) is 6.67. The number of halogens is 2. The van der Waals surface area contributed by atoms with E-state index in [9.17, 15) is 13.6 Å². The number of ether oxygens (including phenoxy) is 3. The third-order valence-corrected chi connectivity index (χ3v) is 4.64. The third kappa shape index (κ3) is 4.70. The molecule has 1 heterocycles. The van der Waals surface area contributed by atoms with Crippen molar-refractivity contribution in [3.63, 3.8) is 0 Å². The molecule has 0 saturated heterocycles. The lowest BCUT2D eigenvalue weighted by molar-refractivity contribution is -0.143. The molecule has 0 bridgehead atoms. The summed E-state index contributed by atoms with van der Waals surface area (Å²) >= 11 is 0. The van der Waals surface area contributed by atoms with Gasteiger partial charge < -0.3 is 18.6 Å². The summed E-state index contributed by atoms with van der Waals surface area (Å²) in [5.74, 6) is -1.69. The number of esters is 1. The van der Waals surface area contributed by atoms with Crippen LogP contribution in [0, 0.1) is 17.6 Å². The molecule has 1 aliphatic carbocycles. The first-order valence-corrected chi connectivity index (χ1v) is 9.43. The van der Waals surface area contributed by atoms with Gasteiger partial charge in [-0.2, -0.15) is 0 Å². The Hall–Kier alpha value is -2.41. The van der Waals surface area contributed by atoms with E-state index < -0.39 is 17.4 Å². The molecule has 1 aromatic carbocycles. The van der Waals surface area contributed by atoms with Gasteiger partial charge in [0.05, 0.1) is 25.6 Å². The fraction of sp³-hybridized carbons (Fsp3) is 0.476. The van der Waals surface area contributed by atoms with Crippen LogP contribution in [0.5, 0.6) is 5.75 Å². The highest BCUT2D eigenvalue weighted by Crippen LogP contribution is 2.46. The highest BCUT2D eigenvalue weighted by Gasteiger charge is 2.35. The lowest BCUT2D eigenvalue weighted by atomic mass is 10.0. The van der Waals surface area contributed by atoms with Crippen LogP contribution in [0.15, 0.2) is 28.9 Å². The van der Waals surface area contributed by atoms with Crippen LogP contribution < -0.4 is 4.74 Å². The molecule has 0 radical (unpaired) electrons. The van der Waals surface area contributed by atoms with Crippen molar-refractivity contribution in [1.29, 1.82) is 0 Å². The van der Waals surface area contributed by atoms with Crippen LogP contribution in [-0.2, 0) is 14.3 Å². The van der Waals surface area contributed by atoms with Crippen molar-refractivity contribution < 1.29 is 32.2 Å². The van der Waals surface area contributed by atoms with Crippen LogP contribution in [0.4, 0.5) is 8.78 Å². The van der Waals surface area contributed by atoms with Crippen molar-refractivity contribution in [2.45, 2.75) is 38.7 Å². The van der Waals surface area contributed by atoms with Crippen molar-refractivity contribution in [2.24, 2.45) is 5.92 Å². The smallest absolute Gasteiger partial charge is 0.305 e. The minimum atomic E-state index is -0.825. The van der Waals surface area contributed by atoms with Crippen molar-refractivity contribution in [3.05, 3.63) is 41.7 Å². The maximum Gasteiger partial charge on any atom is 0.305 e. The monoisotopic (exact) mass is 394 g/mol. The van der Waals surface area contributed by atoms with E-state index in [1.165, 1.54) is 18.4 Å². The van der Waals surface area contributed by atoms with Gasteiger partial charge in [0.25, 0.3) is 0 Å². The molecule has 1 aromatic heterocycles. The van der Waals surface area contributed by atoms with Gasteiger partial charge in [0, 0.05) is 24.7 Å². The molecular weight excluding hydrogens is 370 g/mol. The number of carbonyl (C=O) groups excluding carboxylic acids is 1. The predicted molar refractivity (Wildman–Crippen MR) is 97.9 cm³/mol. The van der Waals surface area contributed by atoms with E-state index in [2.05, 4.69) is 0 Å². The summed E-state index contributed by atoms with van der Waals surface area (Å²) in [6.45, 7) is 2.01. The molecule has 3 rings (SSSR count). The van der Waals surface area contributed by atoms with E-state index in [4.69, 9.17) is 18.6 Å². The zero-order chi connectivity index (χ0) is 20.1. The summed E-state index contributed by atoms with van der Waals surface area (Å²) in [5.41, 5.74) is 1.07. The lowest BCUT2D eigenvalue weighted by Crippen LogP contribution is -2.08. The number of hydrogen-bond donors (Lipinski definition) is 0. The Morgan fingerprint density at radius 3 is 2.61 bits per heavy atom. The van der Waals surface area contributed by atoms with Crippen LogP contribution >= 0.6 is 0 Å². The zero-order valence-corrected chi connectivity index (χ0v) is 16.0. The number of rotatable bonds is 10. The van der Waals surface area contributed by atoms with Gasteiger partial charge in [-0.1, -0.05) is 0 Å². The molecule has 7 heteroatoms. The summed E-state index contributed by atoms with van der Waals surface area (Å²) in [5, 5.41) is 0. The van der Waals surface area contributed by atoms with Crippen LogP contribution in [-0.4, -0.2) is 26.3 Å². The van der Waals surface area contributed by atoms with E-state index >= 15 is 0 Å². The normalized spacial score (nSPS) is 14.7. The molecule has 0 N–H and O–H groups in total. The number of benzene rings is 1. The molecule has 5 nitrogen and oxygen atoms in total. The summed E-state index contributed by atoms with van der Waals surface area (Å²) in [7, 11) is 1.62. The molecule has 1 aliphatic rings. The van der Waals surface area contributed by atoms with E-state index in [1.807, 2.05) is 0 Å². The Bertz CT molecular complexity index is 790. The number of methoxy groups -OCH3 is 1. The molecule has 1 unspecified atom stereocenters. The number of hydrogen-bond acceptors (Lipinski definition) is 5. The summed E-state index contributed by atoms with van der Waals surface area (Å²) < 4.78 is 50.0. The first-order chi connectivity index (χ1) is 13.5. The lowest BCUT2D eigenvalue weighted by Gasteiger charge is -2.15. The summed E-state index contributed by atoms with van der Waals surface area (Å²) in [6.07, 6.45) is 3.89. The van der Waals surface area contributed by atoms with Gasteiger partial charge in [-0.05, 0) is 50.3 Å². The molecular formula is C21H24F2O5. The second kappa shape index (κ2) is 9.19.